The van der Waals surface area contributed by atoms with Gasteiger partial charge in [0.15, 0.2) is 0 Å². The van der Waals surface area contributed by atoms with Crippen LogP contribution in [0.1, 0.15) is 47.5 Å². The van der Waals surface area contributed by atoms with Crippen molar-refractivity contribution in [3.63, 3.8) is 0 Å². The lowest BCUT2D eigenvalue weighted by atomic mass is 9.81. The Bertz CT molecular complexity index is 334. The third kappa shape index (κ3) is 2.62. The summed E-state index contributed by atoms with van der Waals surface area (Å²) in [6, 6.07) is 2.43. The minimum absolute atomic E-state index is 0.00778. The molecule has 0 aromatic rings. The highest BCUT2D eigenvalue weighted by Gasteiger charge is 2.40. The molecule has 96 valence electrons. The van der Waals surface area contributed by atoms with E-state index in [-0.39, 0.29) is 11.9 Å². The van der Waals surface area contributed by atoms with Gasteiger partial charge in [-0.15, -0.1) is 0 Å². The zero-order chi connectivity index (χ0) is 13.2. The van der Waals surface area contributed by atoms with E-state index in [4.69, 9.17) is 0 Å². The molecule has 0 aromatic heterocycles. The van der Waals surface area contributed by atoms with Gasteiger partial charge in [-0.05, 0) is 38.5 Å². The Kier molecular flexibility index (Phi) is 4.19. The fourth-order valence-electron chi connectivity index (χ4n) is 2.58. The van der Waals surface area contributed by atoms with Gasteiger partial charge in [-0.2, -0.15) is 5.26 Å². The molecule has 17 heavy (non-hydrogen) atoms. The number of hydrogen-bond acceptors (Lipinski definition) is 2. The molecule has 0 aromatic carbocycles. The van der Waals surface area contributed by atoms with Gasteiger partial charge in [0.05, 0.1) is 6.07 Å². The summed E-state index contributed by atoms with van der Waals surface area (Å²) in [4.78, 5) is 14.4. The van der Waals surface area contributed by atoms with Crippen LogP contribution in [0.15, 0.2) is 0 Å². The molecule has 0 aliphatic carbocycles. The van der Waals surface area contributed by atoms with Crippen molar-refractivity contribution in [1.29, 1.82) is 5.26 Å². The van der Waals surface area contributed by atoms with Crippen LogP contribution in [0.3, 0.4) is 0 Å². The van der Waals surface area contributed by atoms with Crippen molar-refractivity contribution in [1.82, 2.24) is 4.90 Å². The van der Waals surface area contributed by atoms with Crippen molar-refractivity contribution in [2.24, 2.45) is 17.3 Å². The second-order valence-corrected chi connectivity index (χ2v) is 5.81. The predicted octanol–water partition coefficient (Wildman–Crippen LogP) is 2.82. The van der Waals surface area contributed by atoms with Crippen molar-refractivity contribution >= 4 is 5.91 Å². The molecule has 0 radical (unpaired) electrons. The summed E-state index contributed by atoms with van der Waals surface area (Å²) in [5, 5.41) is 9.21. The first-order valence-corrected chi connectivity index (χ1v) is 6.58. The first-order valence-electron chi connectivity index (χ1n) is 6.58. The molecule has 0 saturated carbocycles. The number of piperidine rings is 1. The zero-order valence-corrected chi connectivity index (χ0v) is 11.7. The van der Waals surface area contributed by atoms with E-state index < -0.39 is 5.41 Å². The van der Waals surface area contributed by atoms with Crippen LogP contribution in [0.2, 0.25) is 0 Å². The molecule has 3 nitrogen and oxygen atoms in total. The fourth-order valence-corrected chi connectivity index (χ4v) is 2.58. The third-order valence-electron chi connectivity index (χ3n) is 4.28. The summed E-state index contributed by atoms with van der Waals surface area (Å²) in [5.41, 5.74) is -0.856. The molecule has 1 saturated heterocycles. The predicted molar refractivity (Wildman–Crippen MR) is 68.1 cm³/mol. The second-order valence-electron chi connectivity index (χ2n) is 5.81. The van der Waals surface area contributed by atoms with E-state index in [0.29, 0.717) is 18.3 Å². The van der Waals surface area contributed by atoms with Crippen molar-refractivity contribution in [3.05, 3.63) is 0 Å². The molecular weight excluding hydrogens is 212 g/mol. The molecule has 0 bridgehead atoms. The van der Waals surface area contributed by atoms with Gasteiger partial charge in [0, 0.05) is 12.6 Å². The summed E-state index contributed by atoms with van der Waals surface area (Å²) >= 11 is 0. The first kappa shape index (κ1) is 14.0. The Hall–Kier alpha value is -1.04. The average molecular weight is 236 g/mol. The van der Waals surface area contributed by atoms with Crippen LogP contribution in [-0.2, 0) is 4.79 Å². The molecule has 0 N–H and O–H groups in total. The summed E-state index contributed by atoms with van der Waals surface area (Å²) < 4.78 is 0. The van der Waals surface area contributed by atoms with Gasteiger partial charge in [0.1, 0.15) is 5.41 Å². The van der Waals surface area contributed by atoms with E-state index in [1.54, 1.807) is 6.92 Å². The first-order chi connectivity index (χ1) is 7.85. The Morgan fingerprint density at radius 2 is 2.06 bits per heavy atom. The number of carbonyl (C=O) groups excluding carboxylic acids is 1. The molecule has 0 spiro atoms. The lowest BCUT2D eigenvalue weighted by Crippen LogP contribution is -2.53. The zero-order valence-electron chi connectivity index (χ0n) is 11.7. The maximum atomic E-state index is 12.5. The van der Waals surface area contributed by atoms with Crippen LogP contribution in [0.4, 0.5) is 0 Å². The molecule has 1 aliphatic heterocycles. The van der Waals surface area contributed by atoms with E-state index >= 15 is 0 Å². The van der Waals surface area contributed by atoms with E-state index in [2.05, 4.69) is 26.8 Å². The van der Waals surface area contributed by atoms with E-state index in [9.17, 15) is 10.1 Å². The largest absolute Gasteiger partial charge is 0.338 e. The van der Waals surface area contributed by atoms with Crippen LogP contribution in [0.5, 0.6) is 0 Å². The smallest absolute Gasteiger partial charge is 0.243 e. The molecular formula is C14H24N2O. The van der Waals surface area contributed by atoms with Crippen LogP contribution in [0, 0.1) is 28.6 Å². The van der Waals surface area contributed by atoms with Crippen molar-refractivity contribution in [2.45, 2.75) is 53.5 Å². The van der Waals surface area contributed by atoms with Gasteiger partial charge in [-0.1, -0.05) is 20.8 Å². The molecule has 1 amide bonds. The Balaban J connectivity index is 2.91. The van der Waals surface area contributed by atoms with Crippen molar-refractivity contribution < 1.29 is 4.79 Å². The van der Waals surface area contributed by atoms with Gasteiger partial charge in [0.2, 0.25) is 5.91 Å². The molecule has 1 aliphatic rings. The average Bonchev–Trinajstić information content (AvgIpc) is 2.31. The molecule has 1 heterocycles. The lowest BCUT2D eigenvalue weighted by Gasteiger charge is -2.43. The lowest BCUT2D eigenvalue weighted by molar-refractivity contribution is -0.144. The minimum Gasteiger partial charge on any atom is -0.338 e. The van der Waals surface area contributed by atoms with Gasteiger partial charge in [-0.3, -0.25) is 4.79 Å². The second kappa shape index (κ2) is 5.08. The molecule has 1 fully saturated rings. The number of nitrogens with zero attached hydrogens (tertiary/aromatic N) is 2. The molecule has 4 unspecified atom stereocenters. The third-order valence-corrected chi connectivity index (χ3v) is 4.28. The van der Waals surface area contributed by atoms with Crippen molar-refractivity contribution in [2.75, 3.05) is 6.54 Å². The maximum absolute atomic E-state index is 12.5. The van der Waals surface area contributed by atoms with Crippen LogP contribution in [-0.4, -0.2) is 23.4 Å². The number of rotatable bonds is 2. The standard InChI is InChI=1S/C14H24N2O/c1-6-14(5,9-15)13(17)16-8-10(2)7-11(3)12(16)4/h10-12H,6-8H2,1-5H3. The number of likely N-dealkylation sites (tertiary alicyclic amines) is 1. The van der Waals surface area contributed by atoms with Crippen LogP contribution >= 0.6 is 0 Å². The van der Waals surface area contributed by atoms with Crippen LogP contribution < -0.4 is 0 Å². The van der Waals surface area contributed by atoms with Gasteiger partial charge in [0.25, 0.3) is 0 Å². The molecule has 3 heteroatoms. The topological polar surface area (TPSA) is 44.1 Å². The van der Waals surface area contributed by atoms with Gasteiger partial charge < -0.3 is 4.90 Å². The monoisotopic (exact) mass is 236 g/mol. The minimum atomic E-state index is -0.856. The molecule has 1 rings (SSSR count). The summed E-state index contributed by atoms with van der Waals surface area (Å²) in [6.45, 7) is 10.9. The normalized spacial score (nSPS) is 32.7. The highest BCUT2D eigenvalue weighted by Crippen LogP contribution is 2.32. The van der Waals surface area contributed by atoms with Crippen molar-refractivity contribution in [3.8, 4) is 6.07 Å². The molecule has 4 atom stereocenters. The highest BCUT2D eigenvalue weighted by atomic mass is 16.2. The van der Waals surface area contributed by atoms with E-state index in [1.165, 1.54) is 6.42 Å². The summed E-state index contributed by atoms with van der Waals surface area (Å²) in [6.07, 6.45) is 1.74. The number of hydrogen-bond donors (Lipinski definition) is 0. The summed E-state index contributed by atoms with van der Waals surface area (Å²) in [7, 11) is 0. The fraction of sp³-hybridized carbons (Fsp3) is 0.857. The van der Waals surface area contributed by atoms with Gasteiger partial charge in [-0.25, -0.2) is 0 Å². The number of amides is 1. The van der Waals surface area contributed by atoms with Crippen LogP contribution in [0.25, 0.3) is 0 Å². The Morgan fingerprint density at radius 3 is 2.53 bits per heavy atom. The SMILES string of the molecule is CCC(C)(C#N)C(=O)N1CC(C)CC(C)C1C. The number of nitriles is 1. The van der Waals surface area contributed by atoms with Gasteiger partial charge >= 0.3 is 0 Å². The number of carbonyl (C=O) groups is 1. The quantitative estimate of drug-likeness (QED) is 0.740. The van der Waals surface area contributed by atoms with E-state index in [0.717, 1.165) is 6.54 Å². The van der Waals surface area contributed by atoms with E-state index in [1.807, 2.05) is 11.8 Å². The highest BCUT2D eigenvalue weighted by molar-refractivity contribution is 5.85. The maximum Gasteiger partial charge on any atom is 0.243 e. The summed E-state index contributed by atoms with van der Waals surface area (Å²) in [5.74, 6) is 1.06. The Labute approximate surface area is 105 Å². The Morgan fingerprint density at radius 1 is 1.47 bits per heavy atom.